The molecule has 7 heteroatoms. The van der Waals surface area contributed by atoms with Gasteiger partial charge in [-0.25, -0.2) is 4.98 Å². The SMILES string of the molecule is CCCCCCCCCCCCC[CH2][Hg].Nc1nc2[nH]cnc2c(=[SH+])[nH]1. The number of aromatic amines is 2. The van der Waals surface area contributed by atoms with Gasteiger partial charge in [0.15, 0.2) is 23.4 Å². The molecule has 0 saturated heterocycles. The topological polar surface area (TPSA) is 83.4 Å². The summed E-state index contributed by atoms with van der Waals surface area (Å²) in [5.74, 6) is 0.326. The molecule has 4 N–H and O–H groups in total. The minimum Gasteiger partial charge on any atom is -0.369 e. The number of nitrogens with two attached hydrogens (primary N) is 1. The zero-order valence-corrected chi connectivity index (χ0v) is 22.8. The fourth-order valence-electron chi connectivity index (χ4n) is 2.89. The van der Waals surface area contributed by atoms with Crippen LogP contribution in [0.5, 0.6) is 0 Å². The molecule has 0 aliphatic carbocycles. The van der Waals surface area contributed by atoms with Gasteiger partial charge in [0.05, 0.1) is 6.33 Å². The molecule has 0 unspecified atom stereocenters. The molecule has 2 rings (SSSR count). The maximum absolute atomic E-state index is 5.42. The Hall–Kier alpha value is -0.495. The number of imidazole rings is 1. The smallest absolute Gasteiger partial charge is 0.324 e. The maximum Gasteiger partial charge on any atom is 0.324 e. The van der Waals surface area contributed by atoms with Gasteiger partial charge in [-0.1, -0.05) is 13.3 Å². The Morgan fingerprint density at radius 3 is 2.04 bits per heavy atom. The van der Waals surface area contributed by atoms with Crippen molar-refractivity contribution in [1.82, 2.24) is 19.9 Å². The number of nitrogen functional groups attached to an aromatic ring is 1. The summed E-state index contributed by atoms with van der Waals surface area (Å²) in [5.41, 5.74) is 6.76. The van der Waals surface area contributed by atoms with Crippen molar-refractivity contribution in [2.24, 2.45) is 0 Å². The number of anilines is 1. The van der Waals surface area contributed by atoms with Gasteiger partial charge in [0, 0.05) is 0 Å². The Bertz CT molecular complexity index is 628. The third-order valence-corrected chi connectivity index (χ3v) is 6.69. The van der Waals surface area contributed by atoms with Crippen LogP contribution in [-0.2, 0) is 38.3 Å². The summed E-state index contributed by atoms with van der Waals surface area (Å²) in [7, 11) is 0. The molecule has 2 heterocycles. The molecule has 0 amide bonds. The summed E-state index contributed by atoms with van der Waals surface area (Å²) in [6.07, 6.45) is 19.4. The van der Waals surface area contributed by atoms with Crippen molar-refractivity contribution >= 4 is 29.3 Å². The first-order valence-electron chi connectivity index (χ1n) is 10.2. The van der Waals surface area contributed by atoms with Crippen LogP contribution < -0.4 is 5.73 Å². The predicted octanol–water partition coefficient (Wildman–Crippen LogP) is 5.33. The molecule has 0 bridgehead atoms. The van der Waals surface area contributed by atoms with Crippen molar-refractivity contribution in [3.05, 3.63) is 11.0 Å². The Morgan fingerprint density at radius 2 is 1.50 bits per heavy atom. The zero-order chi connectivity index (χ0) is 19.0. The van der Waals surface area contributed by atoms with Gasteiger partial charge in [0.25, 0.3) is 0 Å². The van der Waals surface area contributed by atoms with Crippen LogP contribution in [0.25, 0.3) is 11.2 Å². The molecule has 0 radical (unpaired) electrons. The van der Waals surface area contributed by atoms with Crippen LogP contribution in [0.15, 0.2) is 6.33 Å². The second-order valence-corrected chi connectivity index (χ2v) is 10.0. The van der Waals surface area contributed by atoms with Gasteiger partial charge >= 0.3 is 105 Å². The summed E-state index contributed by atoms with van der Waals surface area (Å²) in [4.78, 5) is 13.5. The average molecular weight is 566 g/mol. The number of aromatic nitrogens is 4. The predicted molar refractivity (Wildman–Crippen MR) is 111 cm³/mol. The Labute approximate surface area is 179 Å². The van der Waals surface area contributed by atoms with E-state index in [9.17, 15) is 0 Å². The molecule has 5 nitrogen and oxygen atoms in total. The van der Waals surface area contributed by atoms with Crippen molar-refractivity contribution in [2.45, 2.75) is 87.9 Å². The van der Waals surface area contributed by atoms with Crippen LogP contribution in [0, 0.1) is 4.64 Å². The summed E-state index contributed by atoms with van der Waals surface area (Å²) in [6.45, 7) is 2.29. The van der Waals surface area contributed by atoms with Crippen LogP contribution >= 0.6 is 0 Å². The largest absolute Gasteiger partial charge is 0.369 e. The molecule has 143 valence electrons. The number of thiol groups is 1. The first-order chi connectivity index (χ1) is 12.7. The van der Waals surface area contributed by atoms with E-state index in [1.807, 2.05) is 0 Å². The number of nitrogens with zero attached hydrogens (tertiary/aromatic N) is 2. The maximum atomic E-state index is 5.42. The first kappa shape index (κ1) is 23.5. The molecule has 2 aromatic rings. The van der Waals surface area contributed by atoms with Crippen molar-refractivity contribution in [3.8, 4) is 0 Å². The number of fused-ring (bicyclic) bond motifs is 1. The van der Waals surface area contributed by atoms with E-state index in [0.717, 1.165) is 26.1 Å². The van der Waals surface area contributed by atoms with Gasteiger partial charge in [0.1, 0.15) is 0 Å². The standard InChI is InChI=1S/C14H29.C5H5N5S.Hg/c1-3-5-7-9-11-13-14-12-10-8-6-4-2;6-5-9-3-2(4(11)10-5)7-1-8-3;/h1,3-14H2,2H3;1H,(H4,6,7,8,9,10,11);/p+1. The van der Waals surface area contributed by atoms with Gasteiger partial charge in [0.2, 0.25) is 5.95 Å². The van der Waals surface area contributed by atoms with E-state index in [1.54, 1.807) is 10.3 Å². The monoisotopic (exact) mass is 567 g/mol. The van der Waals surface area contributed by atoms with E-state index in [2.05, 4.69) is 39.1 Å². The van der Waals surface area contributed by atoms with E-state index in [4.69, 9.17) is 5.73 Å². The second-order valence-electron chi connectivity index (χ2n) is 6.81. The normalized spacial score (nSPS) is 10.7. The molecule has 0 spiro atoms. The molecule has 0 aliphatic heterocycles. The Kier molecular flexibility index (Phi) is 14.1. The average Bonchev–Trinajstić information content (AvgIpc) is 3.09. The van der Waals surface area contributed by atoms with Gasteiger partial charge in [-0.05, 0) is 0 Å². The van der Waals surface area contributed by atoms with Crippen molar-refractivity contribution in [2.75, 3.05) is 5.73 Å². The molecule has 0 saturated carbocycles. The van der Waals surface area contributed by atoms with Crippen LogP contribution in [-0.4, -0.2) is 19.9 Å². The number of unbranched alkanes of at least 4 members (excludes halogenated alkanes) is 11. The summed E-state index contributed by atoms with van der Waals surface area (Å²) < 4.78 is 2.19. The summed E-state index contributed by atoms with van der Waals surface area (Å²) in [5, 5.41) is 0. The van der Waals surface area contributed by atoms with E-state index in [-0.39, 0.29) is 0 Å². The number of rotatable bonds is 12. The third kappa shape index (κ3) is 10.6. The molecular weight excluding hydrogens is 531 g/mol. The van der Waals surface area contributed by atoms with Crippen LogP contribution in [0.3, 0.4) is 0 Å². The number of hydrogen-bond acceptors (Lipinski definition) is 3. The third-order valence-electron chi connectivity index (χ3n) is 4.43. The number of hydrogen-bond donors (Lipinski definition) is 3. The summed E-state index contributed by atoms with van der Waals surface area (Å²) in [6, 6.07) is 0. The minimum absolute atomic E-state index is 0.326. The van der Waals surface area contributed by atoms with E-state index < -0.39 is 0 Å². The van der Waals surface area contributed by atoms with Gasteiger partial charge in [-0.2, -0.15) is 4.98 Å². The molecule has 0 aromatic carbocycles. The summed E-state index contributed by atoms with van der Waals surface area (Å²) >= 11 is 5.19. The van der Waals surface area contributed by atoms with Gasteiger partial charge in [-0.3, -0.25) is 4.98 Å². The van der Waals surface area contributed by atoms with Crippen molar-refractivity contribution in [3.63, 3.8) is 0 Å². The second kappa shape index (κ2) is 15.6. The van der Waals surface area contributed by atoms with Crippen molar-refractivity contribution < 1.29 is 26.1 Å². The first-order valence-corrected chi connectivity index (χ1v) is 14.5. The molecule has 26 heavy (non-hydrogen) atoms. The molecule has 0 aliphatic rings. The quantitative estimate of drug-likeness (QED) is 0.107. The number of H-pyrrole nitrogens is 2. The van der Waals surface area contributed by atoms with Crippen LogP contribution in [0.1, 0.15) is 84.0 Å². The Morgan fingerprint density at radius 1 is 0.962 bits per heavy atom. The van der Waals surface area contributed by atoms with Crippen molar-refractivity contribution in [1.29, 1.82) is 0 Å². The Balaban J connectivity index is 0.000000269. The van der Waals surface area contributed by atoms with E-state index in [0.29, 0.717) is 21.8 Å². The van der Waals surface area contributed by atoms with E-state index in [1.165, 1.54) is 77.0 Å². The molecule has 2 aromatic heterocycles. The number of nitrogens with one attached hydrogen (secondary N) is 2. The van der Waals surface area contributed by atoms with Crippen LogP contribution in [0.2, 0.25) is 3.93 Å². The van der Waals surface area contributed by atoms with Gasteiger partial charge in [-0.15, -0.1) is 0 Å². The fraction of sp³-hybridized carbons (Fsp3) is 0.737. The molecular formula is C19H35HgN5S+. The molecule has 0 fully saturated rings. The molecule has 0 atom stereocenters. The van der Waals surface area contributed by atoms with E-state index >= 15 is 0 Å². The zero-order valence-electron chi connectivity index (χ0n) is 16.4. The fourth-order valence-corrected chi connectivity index (χ4v) is 4.55. The minimum atomic E-state index is 0.326. The van der Waals surface area contributed by atoms with Crippen LogP contribution in [0.4, 0.5) is 5.95 Å². The van der Waals surface area contributed by atoms with Gasteiger partial charge < -0.3 is 10.7 Å².